The summed E-state index contributed by atoms with van der Waals surface area (Å²) < 4.78 is 25.2. The smallest absolute Gasteiger partial charge is 0.229 e. The molecule has 2 saturated carbocycles. The number of carbonyl (C=O) groups excluding carboxylic acids is 1. The van der Waals surface area contributed by atoms with Gasteiger partial charge in [-0.25, -0.2) is 13.4 Å². The lowest BCUT2D eigenvalue weighted by Gasteiger charge is -2.18. The Hall–Kier alpha value is -1.99. The van der Waals surface area contributed by atoms with Gasteiger partial charge in [0.1, 0.15) is 0 Å². The number of aryl methyl sites for hydroxylation is 1. The number of anilines is 1. The number of hydrogen-bond donors (Lipinski definition) is 1. The van der Waals surface area contributed by atoms with Gasteiger partial charge in [-0.15, -0.1) is 11.3 Å². The van der Waals surface area contributed by atoms with Crippen molar-refractivity contribution in [1.82, 2.24) is 4.98 Å². The number of benzene rings is 1. The van der Waals surface area contributed by atoms with Crippen LogP contribution in [0.5, 0.6) is 0 Å². The van der Waals surface area contributed by atoms with Gasteiger partial charge in [0.05, 0.1) is 16.3 Å². The Balaban J connectivity index is 1.26. The summed E-state index contributed by atoms with van der Waals surface area (Å²) in [5.74, 6) is 0.785. The highest BCUT2D eigenvalue weighted by atomic mass is 32.2. The third kappa shape index (κ3) is 2.92. The van der Waals surface area contributed by atoms with Crippen LogP contribution in [0.3, 0.4) is 0 Å². The summed E-state index contributed by atoms with van der Waals surface area (Å²) in [7, 11) is -3.45. The zero-order valence-corrected chi connectivity index (χ0v) is 17.2. The lowest BCUT2D eigenvalue weighted by molar-refractivity contribution is -0.120. The minimum Gasteiger partial charge on any atom is -0.302 e. The molecule has 5 rings (SSSR count). The van der Waals surface area contributed by atoms with Crippen molar-refractivity contribution >= 4 is 32.2 Å². The number of nitrogens with one attached hydrogen (secondary N) is 1. The highest BCUT2D eigenvalue weighted by molar-refractivity contribution is 7.90. The summed E-state index contributed by atoms with van der Waals surface area (Å²) in [6, 6.07) is 6.82. The molecule has 28 heavy (non-hydrogen) atoms. The van der Waals surface area contributed by atoms with Gasteiger partial charge in [0.15, 0.2) is 15.0 Å². The number of rotatable bonds is 5. The van der Waals surface area contributed by atoms with Crippen LogP contribution in [0.2, 0.25) is 0 Å². The molecule has 0 radical (unpaired) electrons. The van der Waals surface area contributed by atoms with Crippen LogP contribution in [-0.2, 0) is 20.4 Å². The summed E-state index contributed by atoms with van der Waals surface area (Å²) in [5.41, 5.74) is 1.85. The van der Waals surface area contributed by atoms with Crippen LogP contribution in [0.4, 0.5) is 5.13 Å². The van der Waals surface area contributed by atoms with Crippen molar-refractivity contribution in [2.24, 2.45) is 23.2 Å². The van der Waals surface area contributed by atoms with Gasteiger partial charge in [0.2, 0.25) is 5.91 Å². The molecule has 1 N–H and O–H groups in total. The van der Waals surface area contributed by atoms with Gasteiger partial charge < -0.3 is 5.32 Å². The molecule has 3 unspecified atom stereocenters. The van der Waals surface area contributed by atoms with Gasteiger partial charge in [-0.1, -0.05) is 29.8 Å². The van der Waals surface area contributed by atoms with E-state index in [-0.39, 0.29) is 17.6 Å². The molecule has 146 valence electrons. The zero-order chi connectivity index (χ0) is 19.5. The number of aromatic nitrogens is 1. The van der Waals surface area contributed by atoms with E-state index < -0.39 is 9.84 Å². The Morgan fingerprint density at radius 1 is 1.25 bits per heavy atom. The van der Waals surface area contributed by atoms with Crippen molar-refractivity contribution in [3.63, 3.8) is 0 Å². The first-order valence-electron chi connectivity index (χ1n) is 9.60. The second kappa shape index (κ2) is 6.26. The van der Waals surface area contributed by atoms with Gasteiger partial charge in [0, 0.05) is 11.3 Å². The average molecular weight is 415 g/mol. The lowest BCUT2D eigenvalue weighted by atomic mass is 9.88. The molecule has 1 aromatic carbocycles. The summed E-state index contributed by atoms with van der Waals surface area (Å²) in [6.45, 7) is 1.92. The molecule has 1 heterocycles. The van der Waals surface area contributed by atoms with E-state index in [1.807, 2.05) is 6.92 Å². The summed E-state index contributed by atoms with van der Waals surface area (Å²) in [4.78, 5) is 17.4. The third-order valence-electron chi connectivity index (χ3n) is 6.56. The van der Waals surface area contributed by atoms with Crippen LogP contribution >= 0.6 is 11.3 Å². The maximum atomic E-state index is 12.8. The van der Waals surface area contributed by atoms with Gasteiger partial charge in [-0.2, -0.15) is 0 Å². The third-order valence-corrected chi connectivity index (χ3v) is 9.03. The number of carbonyl (C=O) groups is 1. The van der Waals surface area contributed by atoms with Gasteiger partial charge in [-0.05, 0) is 55.6 Å². The molecular weight excluding hydrogens is 392 g/mol. The molecule has 0 saturated heterocycles. The van der Waals surface area contributed by atoms with Crippen molar-refractivity contribution in [3.05, 3.63) is 53.1 Å². The summed E-state index contributed by atoms with van der Waals surface area (Å²) in [6.07, 6.45) is 7.91. The van der Waals surface area contributed by atoms with Crippen LogP contribution in [0.25, 0.3) is 0 Å². The fourth-order valence-corrected chi connectivity index (χ4v) is 7.00. The molecule has 7 heteroatoms. The van der Waals surface area contributed by atoms with E-state index in [2.05, 4.69) is 22.5 Å². The second-order valence-corrected chi connectivity index (χ2v) is 11.1. The molecule has 1 spiro atoms. The average Bonchev–Trinajstić information content (AvgIpc) is 3.13. The topological polar surface area (TPSA) is 76.1 Å². The Kier molecular flexibility index (Phi) is 4.04. The molecule has 2 bridgehead atoms. The van der Waals surface area contributed by atoms with E-state index in [4.69, 9.17) is 0 Å². The number of thiazole rings is 1. The minimum absolute atomic E-state index is 0.0149. The highest BCUT2D eigenvalue weighted by Gasteiger charge is 2.64. The molecule has 2 aromatic rings. The zero-order valence-electron chi connectivity index (χ0n) is 15.6. The number of amides is 1. The van der Waals surface area contributed by atoms with Gasteiger partial charge in [0.25, 0.3) is 0 Å². The van der Waals surface area contributed by atoms with E-state index >= 15 is 0 Å². The fraction of sp³-hybridized carbons (Fsp3) is 0.429. The molecule has 5 nitrogen and oxygen atoms in total. The van der Waals surface area contributed by atoms with Crippen molar-refractivity contribution in [3.8, 4) is 0 Å². The highest BCUT2D eigenvalue weighted by Crippen LogP contribution is 2.70. The predicted octanol–water partition coefficient (Wildman–Crippen LogP) is 3.97. The van der Waals surface area contributed by atoms with Crippen LogP contribution in [0.15, 0.2) is 46.7 Å². The normalized spacial score (nSPS) is 26.7. The Bertz CT molecular complexity index is 1070. The Labute approximate surface area is 168 Å². The molecule has 1 amide bonds. The van der Waals surface area contributed by atoms with Crippen molar-refractivity contribution in [2.45, 2.75) is 36.8 Å². The maximum Gasteiger partial charge on any atom is 0.229 e. The number of nitrogens with zero attached hydrogens (tertiary/aromatic N) is 1. The quantitative estimate of drug-likeness (QED) is 0.751. The molecule has 2 fully saturated rings. The second-order valence-electron chi connectivity index (χ2n) is 8.30. The molecule has 3 atom stereocenters. The van der Waals surface area contributed by atoms with Crippen molar-refractivity contribution in [2.75, 3.05) is 5.32 Å². The summed E-state index contributed by atoms with van der Waals surface area (Å²) >= 11 is 1.29. The van der Waals surface area contributed by atoms with Crippen molar-refractivity contribution < 1.29 is 13.2 Å². The summed E-state index contributed by atoms with van der Waals surface area (Å²) in [5, 5.41) is 5.12. The largest absolute Gasteiger partial charge is 0.302 e. The molecule has 0 aliphatic heterocycles. The number of sulfone groups is 1. The van der Waals surface area contributed by atoms with Crippen LogP contribution < -0.4 is 5.32 Å². The van der Waals surface area contributed by atoms with Gasteiger partial charge in [-0.3, -0.25) is 4.79 Å². The van der Waals surface area contributed by atoms with Crippen molar-refractivity contribution in [1.29, 1.82) is 0 Å². The van der Waals surface area contributed by atoms with E-state index in [0.29, 0.717) is 33.0 Å². The van der Waals surface area contributed by atoms with Crippen LogP contribution in [-0.4, -0.2) is 19.3 Å². The van der Waals surface area contributed by atoms with Crippen LogP contribution in [0, 0.1) is 30.1 Å². The van der Waals surface area contributed by atoms with E-state index in [9.17, 15) is 13.2 Å². The van der Waals surface area contributed by atoms with E-state index in [0.717, 1.165) is 12.0 Å². The van der Waals surface area contributed by atoms with E-state index in [1.165, 1.54) is 24.2 Å². The predicted molar refractivity (Wildman–Crippen MR) is 109 cm³/mol. The monoisotopic (exact) mass is 414 g/mol. The standard InChI is InChI=1S/C21H22N2O3S2/c1-13-2-5-16(6-3-13)28(25,26)12-15-11-27-20(22-15)23-19(24)17-10-14-4-7-18(17)21(14)8-9-21/h2-7,11,14,17-18H,8-10,12H2,1H3,(H,22,23,24). The minimum atomic E-state index is -3.45. The molecule has 3 aliphatic carbocycles. The number of allylic oxidation sites excluding steroid dienone is 2. The van der Waals surface area contributed by atoms with E-state index in [1.54, 1.807) is 29.6 Å². The molecule has 3 aliphatic rings. The Morgan fingerprint density at radius 2 is 2.00 bits per heavy atom. The molecule has 1 aromatic heterocycles. The fourth-order valence-electron chi connectivity index (χ4n) is 4.92. The first-order valence-corrected chi connectivity index (χ1v) is 12.1. The first-order chi connectivity index (χ1) is 13.4. The first kappa shape index (κ1) is 18.1. The van der Waals surface area contributed by atoms with Gasteiger partial charge >= 0.3 is 0 Å². The SMILES string of the molecule is Cc1ccc(S(=O)(=O)Cc2csc(NC(=O)C3CC4C=CC3C43CC3)n2)cc1. The molecular formula is C21H22N2O3S2. The maximum absolute atomic E-state index is 12.8. The van der Waals surface area contributed by atoms with Crippen LogP contribution in [0.1, 0.15) is 30.5 Å². The Morgan fingerprint density at radius 3 is 2.68 bits per heavy atom. The lowest BCUT2D eigenvalue weighted by Crippen LogP contribution is -2.27. The number of hydrogen-bond acceptors (Lipinski definition) is 5.